The quantitative estimate of drug-likeness (QED) is 0.441. The van der Waals surface area contributed by atoms with Crippen molar-refractivity contribution in [3.8, 4) is 0 Å². The lowest BCUT2D eigenvalue weighted by Crippen LogP contribution is -2.46. The Hall–Kier alpha value is -3.66. The van der Waals surface area contributed by atoms with E-state index in [1.807, 2.05) is 0 Å². The van der Waals surface area contributed by atoms with Gasteiger partial charge in [-0.15, -0.1) is 0 Å². The minimum Gasteiger partial charge on any atom is -0.348 e. The molecule has 1 aliphatic heterocycles. The Labute approximate surface area is 209 Å². The molecular formula is C25H21ClF4N4O2. The number of rotatable bonds is 5. The molecule has 6 nitrogen and oxygen atoms in total. The van der Waals surface area contributed by atoms with Crippen molar-refractivity contribution in [1.29, 1.82) is 0 Å². The monoisotopic (exact) mass is 520 g/mol. The van der Waals surface area contributed by atoms with Crippen LogP contribution in [0.25, 0.3) is 0 Å². The van der Waals surface area contributed by atoms with E-state index in [0.29, 0.717) is 23.4 Å². The molecule has 0 aliphatic carbocycles. The van der Waals surface area contributed by atoms with Crippen molar-refractivity contribution in [2.75, 3.05) is 11.9 Å². The zero-order valence-electron chi connectivity index (χ0n) is 19.5. The molecule has 0 bridgehead atoms. The summed E-state index contributed by atoms with van der Waals surface area (Å²) in [5.41, 5.74) is 0.864. The van der Waals surface area contributed by atoms with Crippen molar-refractivity contribution in [3.63, 3.8) is 0 Å². The summed E-state index contributed by atoms with van der Waals surface area (Å²) in [6, 6.07) is 4.87. The fraction of sp³-hybridized carbons (Fsp3) is 0.240. The fourth-order valence-corrected chi connectivity index (χ4v) is 4.21. The van der Waals surface area contributed by atoms with Crippen molar-refractivity contribution < 1.29 is 27.2 Å². The van der Waals surface area contributed by atoms with E-state index in [9.17, 15) is 27.2 Å². The van der Waals surface area contributed by atoms with E-state index in [4.69, 9.17) is 11.6 Å². The molecule has 0 unspecified atom stereocenters. The third-order valence-corrected chi connectivity index (χ3v) is 6.56. The van der Waals surface area contributed by atoms with E-state index >= 15 is 0 Å². The van der Waals surface area contributed by atoms with Crippen LogP contribution in [-0.2, 0) is 13.1 Å². The van der Waals surface area contributed by atoms with Gasteiger partial charge in [-0.05, 0) is 31.5 Å². The number of aryl methyl sites for hydroxylation is 1. The van der Waals surface area contributed by atoms with Gasteiger partial charge < -0.3 is 10.2 Å². The van der Waals surface area contributed by atoms with Crippen molar-refractivity contribution in [2.45, 2.75) is 33.0 Å². The predicted octanol–water partition coefficient (Wildman–Crippen LogP) is 5.66. The fourth-order valence-electron chi connectivity index (χ4n) is 4.02. The Kier molecular flexibility index (Phi) is 6.90. The first-order chi connectivity index (χ1) is 17.0. The number of halogens is 5. The summed E-state index contributed by atoms with van der Waals surface area (Å²) < 4.78 is 55.8. The molecular weight excluding hydrogens is 500 g/mol. The number of carbonyl (C=O) groups excluding carboxylic acids is 2. The second-order valence-corrected chi connectivity index (χ2v) is 8.85. The Morgan fingerprint density at radius 2 is 1.78 bits per heavy atom. The first-order valence-electron chi connectivity index (χ1n) is 10.9. The molecule has 4 rings (SSSR count). The second kappa shape index (κ2) is 9.77. The number of anilines is 1. The Bertz CT molecular complexity index is 1360. The van der Waals surface area contributed by atoms with Gasteiger partial charge in [0.25, 0.3) is 5.91 Å². The molecule has 0 saturated carbocycles. The number of pyridine rings is 1. The average Bonchev–Trinajstić information content (AvgIpc) is 2.83. The minimum absolute atomic E-state index is 0.0472. The van der Waals surface area contributed by atoms with Crippen LogP contribution < -0.4 is 10.2 Å². The second-order valence-electron chi connectivity index (χ2n) is 8.44. The Morgan fingerprint density at radius 3 is 2.44 bits per heavy atom. The maximum atomic E-state index is 14.8. The molecule has 3 amide bonds. The molecule has 188 valence electrons. The topological polar surface area (TPSA) is 65.5 Å². The highest BCUT2D eigenvalue weighted by Crippen LogP contribution is 2.38. The van der Waals surface area contributed by atoms with Crippen LogP contribution in [0.4, 0.5) is 28.0 Å². The lowest BCUT2D eigenvalue weighted by atomic mass is 9.98. The highest BCUT2D eigenvalue weighted by Gasteiger charge is 2.34. The normalized spacial score (nSPS) is 15.2. The first-order valence-corrected chi connectivity index (χ1v) is 11.3. The van der Waals surface area contributed by atoms with Gasteiger partial charge in [-0.3, -0.25) is 14.7 Å². The number of benzene rings is 2. The number of fused-ring (bicyclic) bond motifs is 1. The molecule has 1 aliphatic rings. The van der Waals surface area contributed by atoms with Gasteiger partial charge in [0.15, 0.2) is 5.82 Å². The van der Waals surface area contributed by atoms with Crippen molar-refractivity contribution in [3.05, 3.63) is 92.8 Å². The van der Waals surface area contributed by atoms with E-state index in [1.54, 1.807) is 20.0 Å². The van der Waals surface area contributed by atoms with E-state index in [-0.39, 0.29) is 34.4 Å². The molecule has 1 atom stereocenters. The zero-order valence-corrected chi connectivity index (χ0v) is 20.3. The predicted molar refractivity (Wildman–Crippen MR) is 126 cm³/mol. The minimum atomic E-state index is -1.13. The van der Waals surface area contributed by atoms with Crippen molar-refractivity contribution >= 4 is 29.2 Å². The van der Waals surface area contributed by atoms with E-state index in [1.165, 1.54) is 35.1 Å². The smallest absolute Gasteiger partial charge is 0.325 e. The van der Waals surface area contributed by atoms with Gasteiger partial charge in [-0.2, -0.15) is 0 Å². The third-order valence-electron chi connectivity index (χ3n) is 6.24. The number of aromatic nitrogens is 1. The largest absolute Gasteiger partial charge is 0.348 e. The highest BCUT2D eigenvalue weighted by molar-refractivity contribution is 6.31. The van der Waals surface area contributed by atoms with Crippen LogP contribution in [0.15, 0.2) is 36.5 Å². The van der Waals surface area contributed by atoms with Crippen molar-refractivity contribution in [2.24, 2.45) is 0 Å². The van der Waals surface area contributed by atoms with Crippen LogP contribution in [0.2, 0.25) is 5.02 Å². The molecule has 2 aromatic carbocycles. The molecule has 0 radical (unpaired) electrons. The standard InChI is InChI=1S/C25H21ClF4N4O2/c1-12-23(30)18(19(26)10-31-12)11-34-22-6-14(4-5-16(22)13(2)33(3)25(34)36)24(35)32-9-17-20(28)7-15(27)8-21(17)29/h4-8,10,13H,9,11H2,1-3H3,(H,32,35)/t13-/m0/s1. The summed E-state index contributed by atoms with van der Waals surface area (Å²) in [4.78, 5) is 32.6. The lowest BCUT2D eigenvalue weighted by molar-refractivity contribution is 0.0950. The number of hydrogen-bond donors (Lipinski definition) is 1. The number of nitrogens with zero attached hydrogens (tertiary/aromatic N) is 3. The highest BCUT2D eigenvalue weighted by atomic mass is 35.5. The maximum Gasteiger partial charge on any atom is 0.325 e. The van der Waals surface area contributed by atoms with Crippen molar-refractivity contribution in [1.82, 2.24) is 15.2 Å². The number of amides is 3. The van der Waals surface area contributed by atoms with Gasteiger partial charge in [0, 0.05) is 48.6 Å². The van der Waals surface area contributed by atoms with E-state index in [2.05, 4.69) is 10.3 Å². The van der Waals surface area contributed by atoms with Crippen LogP contribution in [0.3, 0.4) is 0 Å². The third kappa shape index (κ3) is 4.60. The zero-order chi connectivity index (χ0) is 26.3. The number of urea groups is 1. The van der Waals surface area contributed by atoms with E-state index in [0.717, 1.165) is 0 Å². The molecule has 0 saturated heterocycles. The maximum absolute atomic E-state index is 14.8. The number of carbonyl (C=O) groups is 2. The van der Waals surface area contributed by atoms with Gasteiger partial charge in [0.05, 0.1) is 29.0 Å². The molecule has 2 heterocycles. The van der Waals surface area contributed by atoms with Crippen LogP contribution in [0.5, 0.6) is 0 Å². The van der Waals surface area contributed by atoms with Crippen LogP contribution in [-0.4, -0.2) is 28.9 Å². The summed E-state index contributed by atoms with van der Waals surface area (Å²) in [5, 5.41) is 2.45. The molecule has 11 heteroatoms. The molecule has 0 fully saturated rings. The molecule has 0 spiro atoms. The van der Waals surface area contributed by atoms with E-state index < -0.39 is 47.3 Å². The summed E-state index contributed by atoms with van der Waals surface area (Å²) >= 11 is 6.17. The Balaban J connectivity index is 1.67. The summed E-state index contributed by atoms with van der Waals surface area (Å²) in [5.74, 6) is -4.64. The molecule has 1 N–H and O–H groups in total. The van der Waals surface area contributed by atoms with Crippen LogP contribution in [0.1, 0.15) is 45.7 Å². The molecule has 3 aromatic rings. The van der Waals surface area contributed by atoms with Gasteiger partial charge in [-0.1, -0.05) is 17.7 Å². The first kappa shape index (κ1) is 25.4. The molecule has 1 aromatic heterocycles. The van der Waals surface area contributed by atoms with Crippen LogP contribution >= 0.6 is 11.6 Å². The number of nitrogens with one attached hydrogen (secondary N) is 1. The summed E-state index contributed by atoms with van der Waals surface area (Å²) in [7, 11) is 1.60. The summed E-state index contributed by atoms with van der Waals surface area (Å²) in [6.07, 6.45) is 1.30. The Morgan fingerprint density at radius 1 is 1.11 bits per heavy atom. The van der Waals surface area contributed by atoms with Gasteiger partial charge in [0.1, 0.15) is 17.5 Å². The SMILES string of the molecule is Cc1ncc(Cl)c(CN2C(=O)N(C)[C@@H](C)c3ccc(C(=O)NCc4c(F)cc(F)cc4F)cc32)c1F. The average molecular weight is 521 g/mol. The van der Waals surface area contributed by atoms with Crippen LogP contribution in [0, 0.1) is 30.2 Å². The number of hydrogen-bond acceptors (Lipinski definition) is 3. The lowest BCUT2D eigenvalue weighted by Gasteiger charge is -2.39. The molecule has 36 heavy (non-hydrogen) atoms. The summed E-state index contributed by atoms with van der Waals surface area (Å²) in [6.45, 7) is 2.55. The van der Waals surface area contributed by atoms with Gasteiger partial charge >= 0.3 is 6.03 Å². The van der Waals surface area contributed by atoms with Gasteiger partial charge in [0.2, 0.25) is 0 Å². The van der Waals surface area contributed by atoms with Gasteiger partial charge in [-0.25, -0.2) is 22.4 Å².